The second kappa shape index (κ2) is 7.32. The molecule has 5 nitrogen and oxygen atoms in total. The molecule has 25 heavy (non-hydrogen) atoms. The van der Waals surface area contributed by atoms with Gasteiger partial charge in [-0.2, -0.15) is 0 Å². The Bertz CT molecular complexity index is 1020. The maximum atomic E-state index is 12.2. The number of aromatic nitrogens is 2. The number of hydrogen-bond acceptors (Lipinski definition) is 4. The SMILES string of the molecule is Cc1cccc2nc(COC(=O)/C=C/c3ccccc3Cl)cc(=O)n12. The van der Waals surface area contributed by atoms with Crippen LogP contribution in [0.25, 0.3) is 11.7 Å². The van der Waals surface area contributed by atoms with Gasteiger partial charge in [0, 0.05) is 22.9 Å². The quantitative estimate of drug-likeness (QED) is 0.532. The van der Waals surface area contributed by atoms with Gasteiger partial charge in [0.15, 0.2) is 0 Å². The Morgan fingerprint density at radius 3 is 2.84 bits per heavy atom. The highest BCUT2D eigenvalue weighted by atomic mass is 35.5. The molecule has 0 radical (unpaired) electrons. The summed E-state index contributed by atoms with van der Waals surface area (Å²) < 4.78 is 6.65. The number of benzene rings is 1. The van der Waals surface area contributed by atoms with E-state index in [0.717, 1.165) is 11.3 Å². The van der Waals surface area contributed by atoms with Gasteiger partial charge in [-0.25, -0.2) is 9.78 Å². The molecule has 0 atom stereocenters. The summed E-state index contributed by atoms with van der Waals surface area (Å²) in [6.45, 7) is 1.75. The number of fused-ring (bicyclic) bond motifs is 1. The van der Waals surface area contributed by atoms with Gasteiger partial charge in [-0.15, -0.1) is 0 Å². The van der Waals surface area contributed by atoms with E-state index in [1.807, 2.05) is 31.2 Å². The highest BCUT2D eigenvalue weighted by molar-refractivity contribution is 6.32. The first-order chi connectivity index (χ1) is 12.0. The molecule has 0 saturated heterocycles. The van der Waals surface area contributed by atoms with Crippen molar-refractivity contribution in [1.29, 1.82) is 0 Å². The summed E-state index contributed by atoms with van der Waals surface area (Å²) >= 11 is 6.02. The van der Waals surface area contributed by atoms with Gasteiger partial charge in [-0.05, 0) is 36.8 Å². The Morgan fingerprint density at radius 1 is 1.24 bits per heavy atom. The smallest absolute Gasteiger partial charge is 0.331 e. The molecule has 1 aromatic carbocycles. The van der Waals surface area contributed by atoms with E-state index in [2.05, 4.69) is 4.98 Å². The van der Waals surface area contributed by atoms with Gasteiger partial charge in [-0.3, -0.25) is 9.20 Å². The minimum atomic E-state index is -0.536. The first kappa shape index (κ1) is 16.9. The molecule has 2 aromatic heterocycles. The molecule has 0 spiro atoms. The van der Waals surface area contributed by atoms with Gasteiger partial charge in [0.25, 0.3) is 5.56 Å². The third kappa shape index (κ3) is 3.95. The maximum absolute atomic E-state index is 12.2. The number of aryl methyl sites for hydroxylation is 1. The molecule has 3 aromatic rings. The minimum Gasteiger partial charge on any atom is -0.456 e. The van der Waals surface area contributed by atoms with E-state index in [4.69, 9.17) is 16.3 Å². The summed E-state index contributed by atoms with van der Waals surface area (Å²) in [7, 11) is 0. The molecular formula is C19H15ClN2O3. The predicted molar refractivity (Wildman–Crippen MR) is 96.5 cm³/mol. The van der Waals surface area contributed by atoms with E-state index in [-0.39, 0.29) is 12.2 Å². The second-order valence-electron chi connectivity index (χ2n) is 5.41. The van der Waals surface area contributed by atoms with Crippen molar-refractivity contribution in [3.8, 4) is 0 Å². The standard InChI is InChI=1S/C19H15ClN2O3/c1-13-5-4-8-17-21-15(11-18(23)22(13)17)12-25-19(24)10-9-14-6-2-3-7-16(14)20/h2-11H,12H2,1H3/b10-9+. The van der Waals surface area contributed by atoms with Crippen molar-refractivity contribution in [1.82, 2.24) is 9.38 Å². The maximum Gasteiger partial charge on any atom is 0.331 e. The number of rotatable bonds is 4. The Hall–Kier alpha value is -2.92. The zero-order chi connectivity index (χ0) is 17.8. The number of ether oxygens (including phenoxy) is 1. The molecule has 0 aliphatic heterocycles. The molecule has 0 aliphatic carbocycles. The van der Waals surface area contributed by atoms with Gasteiger partial charge in [0.05, 0.1) is 5.69 Å². The fourth-order valence-corrected chi connectivity index (χ4v) is 2.60. The number of esters is 1. The van der Waals surface area contributed by atoms with Crippen LogP contribution in [-0.4, -0.2) is 15.4 Å². The normalized spacial score (nSPS) is 11.1. The van der Waals surface area contributed by atoms with E-state index in [1.54, 1.807) is 24.3 Å². The molecule has 0 amide bonds. The zero-order valence-corrected chi connectivity index (χ0v) is 14.2. The Morgan fingerprint density at radius 2 is 2.04 bits per heavy atom. The summed E-state index contributed by atoms with van der Waals surface area (Å²) in [5.41, 5.74) is 2.22. The van der Waals surface area contributed by atoms with Gasteiger partial charge in [0.1, 0.15) is 12.3 Å². The Labute approximate surface area is 149 Å². The van der Waals surface area contributed by atoms with Crippen LogP contribution >= 0.6 is 11.6 Å². The van der Waals surface area contributed by atoms with Gasteiger partial charge >= 0.3 is 5.97 Å². The molecule has 0 saturated carbocycles. The lowest BCUT2D eigenvalue weighted by Gasteiger charge is -2.06. The van der Waals surface area contributed by atoms with Crippen LogP contribution in [0.5, 0.6) is 0 Å². The lowest BCUT2D eigenvalue weighted by Crippen LogP contribution is -2.18. The van der Waals surface area contributed by atoms with E-state index >= 15 is 0 Å². The topological polar surface area (TPSA) is 60.7 Å². The fraction of sp³-hybridized carbons (Fsp3) is 0.105. The molecule has 2 heterocycles. The van der Waals surface area contributed by atoms with Crippen LogP contribution in [0.2, 0.25) is 5.02 Å². The summed E-state index contributed by atoms with van der Waals surface area (Å²) in [6, 6.07) is 13.9. The van der Waals surface area contributed by atoms with Crippen LogP contribution in [0.15, 0.2) is 59.4 Å². The summed E-state index contributed by atoms with van der Waals surface area (Å²) in [5, 5.41) is 0.547. The third-order valence-electron chi connectivity index (χ3n) is 3.60. The Kier molecular flexibility index (Phi) is 4.95. The molecule has 0 unspecified atom stereocenters. The number of nitrogens with zero attached hydrogens (tertiary/aromatic N) is 2. The van der Waals surface area contributed by atoms with Crippen molar-refractivity contribution in [2.75, 3.05) is 0 Å². The molecule has 0 N–H and O–H groups in total. The first-order valence-electron chi connectivity index (χ1n) is 7.62. The Balaban J connectivity index is 1.71. The molecule has 0 fully saturated rings. The van der Waals surface area contributed by atoms with E-state index < -0.39 is 5.97 Å². The van der Waals surface area contributed by atoms with Crippen LogP contribution in [0.1, 0.15) is 17.0 Å². The fourth-order valence-electron chi connectivity index (χ4n) is 2.40. The highest BCUT2D eigenvalue weighted by Gasteiger charge is 2.06. The highest BCUT2D eigenvalue weighted by Crippen LogP contribution is 2.16. The summed E-state index contributed by atoms with van der Waals surface area (Å²) in [4.78, 5) is 28.3. The summed E-state index contributed by atoms with van der Waals surface area (Å²) in [6.07, 6.45) is 2.87. The number of carbonyl (C=O) groups is 1. The third-order valence-corrected chi connectivity index (χ3v) is 3.94. The van der Waals surface area contributed by atoms with Crippen LogP contribution in [0, 0.1) is 6.92 Å². The predicted octanol–water partition coefficient (Wildman–Crippen LogP) is 3.41. The van der Waals surface area contributed by atoms with Gasteiger partial charge < -0.3 is 4.74 Å². The molecule has 126 valence electrons. The van der Waals surface area contributed by atoms with Crippen molar-refractivity contribution in [2.45, 2.75) is 13.5 Å². The number of halogens is 1. The van der Waals surface area contributed by atoms with Crippen molar-refractivity contribution in [2.24, 2.45) is 0 Å². The van der Waals surface area contributed by atoms with E-state index in [1.165, 1.54) is 16.5 Å². The molecule has 6 heteroatoms. The molecule has 3 rings (SSSR count). The van der Waals surface area contributed by atoms with Crippen LogP contribution in [0.3, 0.4) is 0 Å². The van der Waals surface area contributed by atoms with Crippen molar-refractivity contribution < 1.29 is 9.53 Å². The lowest BCUT2D eigenvalue weighted by atomic mass is 10.2. The number of pyridine rings is 1. The average Bonchev–Trinajstić information content (AvgIpc) is 2.59. The van der Waals surface area contributed by atoms with Gasteiger partial charge in [0.2, 0.25) is 0 Å². The van der Waals surface area contributed by atoms with Crippen molar-refractivity contribution in [3.05, 3.63) is 86.9 Å². The molecular weight excluding hydrogens is 340 g/mol. The lowest BCUT2D eigenvalue weighted by molar-refractivity contribution is -0.139. The van der Waals surface area contributed by atoms with Crippen LogP contribution in [0.4, 0.5) is 0 Å². The minimum absolute atomic E-state index is 0.0780. The largest absolute Gasteiger partial charge is 0.456 e. The van der Waals surface area contributed by atoms with Crippen LogP contribution in [-0.2, 0) is 16.1 Å². The van der Waals surface area contributed by atoms with E-state index in [0.29, 0.717) is 16.4 Å². The molecule has 0 aliphatic rings. The average molecular weight is 355 g/mol. The zero-order valence-electron chi connectivity index (χ0n) is 13.5. The molecule has 0 bridgehead atoms. The van der Waals surface area contributed by atoms with Crippen molar-refractivity contribution in [3.63, 3.8) is 0 Å². The van der Waals surface area contributed by atoms with Crippen LogP contribution < -0.4 is 5.56 Å². The summed E-state index contributed by atoms with van der Waals surface area (Å²) in [5.74, 6) is -0.536. The first-order valence-corrected chi connectivity index (χ1v) is 8.00. The second-order valence-corrected chi connectivity index (χ2v) is 5.82. The van der Waals surface area contributed by atoms with Gasteiger partial charge in [-0.1, -0.05) is 35.9 Å². The number of carbonyl (C=O) groups excluding carboxylic acids is 1. The van der Waals surface area contributed by atoms with Crippen molar-refractivity contribution >= 4 is 29.3 Å². The monoisotopic (exact) mass is 354 g/mol. The number of hydrogen-bond donors (Lipinski definition) is 0. The van der Waals surface area contributed by atoms with E-state index in [9.17, 15) is 9.59 Å².